The third-order valence-electron chi connectivity index (χ3n) is 3.12. The van der Waals surface area contributed by atoms with Crippen molar-refractivity contribution in [1.82, 2.24) is 0 Å². The fraction of sp³-hybridized carbons (Fsp3) is 0.188. The van der Waals surface area contributed by atoms with Gasteiger partial charge in [-0.05, 0) is 35.9 Å². The average molecular weight is 286 g/mol. The summed E-state index contributed by atoms with van der Waals surface area (Å²) >= 11 is 0. The second-order valence-electron chi connectivity index (χ2n) is 4.50. The first-order valence-electron chi connectivity index (χ1n) is 6.48. The van der Waals surface area contributed by atoms with Crippen LogP contribution in [0.3, 0.4) is 0 Å². The number of hydrogen-bond donors (Lipinski definition) is 2. The number of benzene rings is 2. The van der Waals surface area contributed by atoms with Gasteiger partial charge in [0.05, 0.1) is 31.2 Å². The lowest BCUT2D eigenvalue weighted by atomic mass is 10.1. The van der Waals surface area contributed by atoms with Crippen molar-refractivity contribution in [3.8, 4) is 5.75 Å². The predicted molar refractivity (Wildman–Crippen MR) is 82.5 cm³/mol. The molecule has 0 radical (unpaired) electrons. The highest BCUT2D eigenvalue weighted by Gasteiger charge is 2.08. The van der Waals surface area contributed by atoms with E-state index in [0.29, 0.717) is 23.5 Å². The van der Waals surface area contributed by atoms with Crippen molar-refractivity contribution in [3.05, 3.63) is 53.6 Å². The highest BCUT2D eigenvalue weighted by atomic mass is 16.5. The first-order valence-corrected chi connectivity index (χ1v) is 6.48. The van der Waals surface area contributed by atoms with Crippen LogP contribution in [0, 0.1) is 0 Å². The van der Waals surface area contributed by atoms with Crippen molar-refractivity contribution in [2.24, 2.45) is 0 Å². The van der Waals surface area contributed by atoms with Crippen LogP contribution in [-0.2, 0) is 11.3 Å². The molecule has 0 unspecified atom stereocenters. The number of esters is 1. The van der Waals surface area contributed by atoms with Crippen LogP contribution in [0.25, 0.3) is 0 Å². The minimum absolute atomic E-state index is 0.387. The van der Waals surface area contributed by atoms with E-state index in [1.54, 1.807) is 25.3 Å². The van der Waals surface area contributed by atoms with Gasteiger partial charge >= 0.3 is 5.97 Å². The molecule has 2 rings (SSSR count). The number of nitrogen functional groups attached to an aromatic ring is 1. The van der Waals surface area contributed by atoms with Gasteiger partial charge in [0.15, 0.2) is 0 Å². The van der Waals surface area contributed by atoms with Gasteiger partial charge in [-0.2, -0.15) is 0 Å². The Hall–Kier alpha value is -2.69. The Morgan fingerprint density at radius 3 is 2.48 bits per heavy atom. The zero-order valence-electron chi connectivity index (χ0n) is 12.1. The van der Waals surface area contributed by atoms with E-state index >= 15 is 0 Å². The van der Waals surface area contributed by atoms with Gasteiger partial charge in [-0.25, -0.2) is 4.79 Å². The number of carbonyl (C=O) groups excluding carboxylic acids is 1. The molecule has 0 heterocycles. The summed E-state index contributed by atoms with van der Waals surface area (Å²) in [5.41, 5.74) is 8.73. The van der Waals surface area contributed by atoms with Crippen LogP contribution >= 0.6 is 0 Å². The van der Waals surface area contributed by atoms with Crippen molar-refractivity contribution < 1.29 is 14.3 Å². The molecule has 0 bridgehead atoms. The first-order chi connectivity index (χ1) is 10.1. The van der Waals surface area contributed by atoms with Gasteiger partial charge in [-0.15, -0.1) is 0 Å². The fourth-order valence-corrected chi connectivity index (χ4v) is 1.89. The molecule has 0 aliphatic carbocycles. The highest BCUT2D eigenvalue weighted by Crippen LogP contribution is 2.21. The molecule has 0 aliphatic rings. The minimum atomic E-state index is -0.387. The third kappa shape index (κ3) is 3.66. The van der Waals surface area contributed by atoms with E-state index in [-0.39, 0.29) is 5.97 Å². The molecule has 0 aromatic heterocycles. The Kier molecular flexibility index (Phi) is 4.66. The first kappa shape index (κ1) is 14.7. The quantitative estimate of drug-likeness (QED) is 0.653. The number of methoxy groups -OCH3 is 2. The van der Waals surface area contributed by atoms with Gasteiger partial charge < -0.3 is 20.5 Å². The lowest BCUT2D eigenvalue weighted by Gasteiger charge is -2.11. The normalized spacial score (nSPS) is 10.0. The van der Waals surface area contributed by atoms with Crippen LogP contribution in [0.15, 0.2) is 42.5 Å². The van der Waals surface area contributed by atoms with Crippen LogP contribution in [0.2, 0.25) is 0 Å². The molecule has 0 amide bonds. The Morgan fingerprint density at radius 1 is 1.14 bits per heavy atom. The molecular weight excluding hydrogens is 268 g/mol. The van der Waals surface area contributed by atoms with E-state index in [1.165, 1.54) is 7.11 Å². The molecular formula is C16H18N2O3. The van der Waals surface area contributed by atoms with E-state index < -0.39 is 0 Å². The molecule has 0 spiro atoms. The minimum Gasteiger partial charge on any atom is -0.497 e. The van der Waals surface area contributed by atoms with Gasteiger partial charge in [0.1, 0.15) is 5.75 Å². The Bertz CT molecular complexity index is 624. The van der Waals surface area contributed by atoms with Gasteiger partial charge in [0.25, 0.3) is 0 Å². The van der Waals surface area contributed by atoms with Crippen molar-refractivity contribution in [1.29, 1.82) is 0 Å². The summed E-state index contributed by atoms with van der Waals surface area (Å²) in [6.07, 6.45) is 0. The van der Waals surface area contributed by atoms with Crippen LogP contribution < -0.4 is 15.8 Å². The number of nitrogens with two attached hydrogens (primary N) is 1. The molecule has 5 heteroatoms. The lowest BCUT2D eigenvalue weighted by molar-refractivity contribution is 0.0601. The fourth-order valence-electron chi connectivity index (χ4n) is 1.89. The van der Waals surface area contributed by atoms with E-state index in [2.05, 4.69) is 5.32 Å². The molecule has 3 N–H and O–H groups in total. The third-order valence-corrected chi connectivity index (χ3v) is 3.12. The number of carbonyl (C=O) groups is 1. The summed E-state index contributed by atoms with van der Waals surface area (Å²) in [7, 11) is 2.98. The molecule has 2 aromatic carbocycles. The largest absolute Gasteiger partial charge is 0.497 e. The Labute approximate surface area is 123 Å². The van der Waals surface area contributed by atoms with Crippen LogP contribution in [0.4, 0.5) is 11.4 Å². The van der Waals surface area contributed by atoms with Gasteiger partial charge in [0.2, 0.25) is 0 Å². The maximum atomic E-state index is 11.5. The van der Waals surface area contributed by atoms with Crippen molar-refractivity contribution in [3.63, 3.8) is 0 Å². The van der Waals surface area contributed by atoms with Crippen molar-refractivity contribution in [2.75, 3.05) is 25.3 Å². The molecule has 5 nitrogen and oxygen atoms in total. The maximum Gasteiger partial charge on any atom is 0.337 e. The monoisotopic (exact) mass is 286 g/mol. The van der Waals surface area contributed by atoms with Crippen LogP contribution in [-0.4, -0.2) is 20.2 Å². The summed E-state index contributed by atoms with van der Waals surface area (Å²) in [6.45, 7) is 0.596. The molecule has 0 aliphatic heterocycles. The summed E-state index contributed by atoms with van der Waals surface area (Å²) in [5.74, 6) is 0.424. The maximum absolute atomic E-state index is 11.5. The van der Waals surface area contributed by atoms with Crippen molar-refractivity contribution >= 4 is 17.3 Å². The predicted octanol–water partition coefficient (Wildman–Crippen LogP) is 2.68. The van der Waals surface area contributed by atoms with Gasteiger partial charge in [-0.3, -0.25) is 0 Å². The summed E-state index contributed by atoms with van der Waals surface area (Å²) in [5, 5.41) is 3.21. The number of ether oxygens (including phenoxy) is 2. The summed E-state index contributed by atoms with van der Waals surface area (Å²) in [4.78, 5) is 11.5. The molecule has 0 fully saturated rings. The van der Waals surface area contributed by atoms with Gasteiger partial charge in [0, 0.05) is 6.54 Å². The lowest BCUT2D eigenvalue weighted by Crippen LogP contribution is -2.06. The highest BCUT2D eigenvalue weighted by molar-refractivity contribution is 5.91. The van der Waals surface area contributed by atoms with E-state index in [0.717, 1.165) is 11.3 Å². The van der Waals surface area contributed by atoms with E-state index in [9.17, 15) is 4.79 Å². The zero-order chi connectivity index (χ0) is 15.2. The molecule has 21 heavy (non-hydrogen) atoms. The summed E-state index contributed by atoms with van der Waals surface area (Å²) in [6, 6.07) is 12.7. The second-order valence-corrected chi connectivity index (χ2v) is 4.50. The van der Waals surface area contributed by atoms with E-state index in [1.807, 2.05) is 24.3 Å². The van der Waals surface area contributed by atoms with Crippen LogP contribution in [0.5, 0.6) is 5.75 Å². The number of anilines is 2. The number of hydrogen-bond acceptors (Lipinski definition) is 5. The molecule has 0 atom stereocenters. The second kappa shape index (κ2) is 6.65. The number of nitrogens with one attached hydrogen (secondary N) is 1. The SMILES string of the molecule is COC(=O)c1ccc(N)c(NCc2ccc(OC)cc2)c1. The van der Waals surface area contributed by atoms with Gasteiger partial charge in [-0.1, -0.05) is 12.1 Å². The summed E-state index contributed by atoms with van der Waals surface area (Å²) < 4.78 is 9.81. The molecule has 0 saturated heterocycles. The van der Waals surface area contributed by atoms with Crippen molar-refractivity contribution in [2.45, 2.75) is 6.54 Å². The standard InChI is InChI=1S/C16H18N2O3/c1-20-13-6-3-11(4-7-13)10-18-15-9-12(16(19)21-2)5-8-14(15)17/h3-9,18H,10,17H2,1-2H3. The topological polar surface area (TPSA) is 73.6 Å². The van der Waals surface area contributed by atoms with E-state index in [4.69, 9.17) is 15.2 Å². The average Bonchev–Trinajstić information content (AvgIpc) is 2.53. The smallest absolute Gasteiger partial charge is 0.337 e. The van der Waals surface area contributed by atoms with Crippen LogP contribution in [0.1, 0.15) is 15.9 Å². The Morgan fingerprint density at radius 2 is 1.86 bits per heavy atom. The molecule has 2 aromatic rings. The molecule has 0 saturated carbocycles. The molecule has 110 valence electrons. The Balaban J connectivity index is 2.09. The zero-order valence-corrected chi connectivity index (χ0v) is 12.1. The number of rotatable bonds is 5.